The lowest BCUT2D eigenvalue weighted by atomic mass is 10.3. The lowest BCUT2D eigenvalue weighted by Crippen LogP contribution is -2.29. The maximum atomic E-state index is 5.78. The third kappa shape index (κ3) is 4.06. The van der Waals surface area contributed by atoms with E-state index in [1.807, 2.05) is 19.2 Å². The predicted molar refractivity (Wildman–Crippen MR) is 65.6 cm³/mol. The molecule has 1 aromatic rings. The van der Waals surface area contributed by atoms with Gasteiger partial charge in [-0.15, -0.1) is 11.6 Å². The van der Waals surface area contributed by atoms with Crippen molar-refractivity contribution in [3.05, 3.63) is 23.9 Å². The SMILES string of the molecule is CN(C)CCN(C)c1cc(CCl)ccn1. The monoisotopic (exact) mass is 227 g/mol. The molecule has 0 atom stereocenters. The number of alkyl halides is 1. The fourth-order valence-electron chi connectivity index (χ4n) is 1.22. The smallest absolute Gasteiger partial charge is 0.128 e. The van der Waals surface area contributed by atoms with Crippen LogP contribution in [0.15, 0.2) is 18.3 Å². The summed E-state index contributed by atoms with van der Waals surface area (Å²) < 4.78 is 0. The normalized spacial score (nSPS) is 10.7. The first-order valence-corrected chi connectivity index (χ1v) is 5.53. The number of hydrogen-bond donors (Lipinski definition) is 0. The Labute approximate surface area is 96.7 Å². The molecule has 0 N–H and O–H groups in total. The molecular formula is C11H18ClN3. The number of anilines is 1. The summed E-state index contributed by atoms with van der Waals surface area (Å²) in [4.78, 5) is 8.60. The van der Waals surface area contributed by atoms with E-state index in [1.165, 1.54) is 0 Å². The van der Waals surface area contributed by atoms with Gasteiger partial charge in [0.1, 0.15) is 5.82 Å². The zero-order chi connectivity index (χ0) is 11.3. The van der Waals surface area contributed by atoms with Gasteiger partial charge in [0.15, 0.2) is 0 Å². The van der Waals surface area contributed by atoms with Gasteiger partial charge in [0.2, 0.25) is 0 Å². The van der Waals surface area contributed by atoms with E-state index < -0.39 is 0 Å². The molecule has 0 saturated carbocycles. The first kappa shape index (κ1) is 12.3. The van der Waals surface area contributed by atoms with Gasteiger partial charge < -0.3 is 9.80 Å². The average Bonchev–Trinajstić information content (AvgIpc) is 2.26. The third-order valence-corrected chi connectivity index (χ3v) is 2.55. The topological polar surface area (TPSA) is 19.4 Å². The van der Waals surface area contributed by atoms with Crippen LogP contribution in [0.25, 0.3) is 0 Å². The predicted octanol–water partition coefficient (Wildman–Crippen LogP) is 1.82. The zero-order valence-electron chi connectivity index (χ0n) is 9.57. The van der Waals surface area contributed by atoms with Crippen molar-refractivity contribution in [2.75, 3.05) is 39.1 Å². The minimum atomic E-state index is 0.539. The van der Waals surface area contributed by atoms with Crippen molar-refractivity contribution in [3.63, 3.8) is 0 Å². The van der Waals surface area contributed by atoms with Gasteiger partial charge in [-0.25, -0.2) is 4.98 Å². The summed E-state index contributed by atoms with van der Waals surface area (Å²) in [5, 5.41) is 0. The largest absolute Gasteiger partial charge is 0.358 e. The maximum Gasteiger partial charge on any atom is 0.128 e. The van der Waals surface area contributed by atoms with E-state index in [4.69, 9.17) is 11.6 Å². The summed E-state index contributed by atoms with van der Waals surface area (Å²) in [6.07, 6.45) is 1.80. The second-order valence-electron chi connectivity index (χ2n) is 3.88. The Morgan fingerprint density at radius 3 is 2.60 bits per heavy atom. The number of likely N-dealkylation sites (N-methyl/N-ethyl adjacent to an activating group) is 2. The van der Waals surface area contributed by atoms with Crippen molar-refractivity contribution >= 4 is 17.4 Å². The van der Waals surface area contributed by atoms with Crippen LogP contribution in [-0.4, -0.2) is 44.1 Å². The highest BCUT2D eigenvalue weighted by Crippen LogP contribution is 2.12. The molecule has 0 aliphatic heterocycles. The van der Waals surface area contributed by atoms with E-state index in [0.717, 1.165) is 24.5 Å². The summed E-state index contributed by atoms with van der Waals surface area (Å²) in [5.41, 5.74) is 1.11. The molecule has 0 amide bonds. The number of rotatable bonds is 5. The Morgan fingerprint density at radius 2 is 2.00 bits per heavy atom. The fraction of sp³-hybridized carbons (Fsp3) is 0.545. The molecule has 3 nitrogen and oxygen atoms in total. The Kier molecular flexibility index (Phi) is 4.85. The standard InChI is InChI=1S/C11H18ClN3/c1-14(2)6-7-15(3)11-8-10(9-12)4-5-13-11/h4-5,8H,6-7,9H2,1-3H3. The Morgan fingerprint density at radius 1 is 1.27 bits per heavy atom. The number of nitrogens with zero attached hydrogens (tertiary/aromatic N) is 3. The zero-order valence-corrected chi connectivity index (χ0v) is 10.3. The molecule has 0 aliphatic carbocycles. The quantitative estimate of drug-likeness (QED) is 0.716. The van der Waals surface area contributed by atoms with Crippen LogP contribution in [0.1, 0.15) is 5.56 Å². The lowest BCUT2D eigenvalue weighted by molar-refractivity contribution is 0.416. The Hall–Kier alpha value is -0.800. The lowest BCUT2D eigenvalue weighted by Gasteiger charge is -2.20. The molecule has 0 unspecified atom stereocenters. The second kappa shape index (κ2) is 5.93. The third-order valence-electron chi connectivity index (χ3n) is 2.24. The highest BCUT2D eigenvalue weighted by molar-refractivity contribution is 6.17. The number of hydrogen-bond acceptors (Lipinski definition) is 3. The average molecular weight is 228 g/mol. The maximum absolute atomic E-state index is 5.78. The summed E-state index contributed by atoms with van der Waals surface area (Å²) >= 11 is 5.78. The van der Waals surface area contributed by atoms with Gasteiger partial charge >= 0.3 is 0 Å². The van der Waals surface area contributed by atoms with Crippen LogP contribution in [-0.2, 0) is 5.88 Å². The molecule has 1 rings (SSSR count). The molecule has 1 heterocycles. The minimum absolute atomic E-state index is 0.539. The molecule has 0 spiro atoms. The van der Waals surface area contributed by atoms with Crippen molar-refractivity contribution in [1.29, 1.82) is 0 Å². The number of aromatic nitrogens is 1. The van der Waals surface area contributed by atoms with Crippen molar-refractivity contribution in [1.82, 2.24) is 9.88 Å². The van der Waals surface area contributed by atoms with Gasteiger partial charge in [0, 0.05) is 32.2 Å². The Bertz CT molecular complexity index is 302. The van der Waals surface area contributed by atoms with Gasteiger partial charge in [-0.1, -0.05) is 0 Å². The molecule has 0 fully saturated rings. The van der Waals surface area contributed by atoms with Crippen LogP contribution in [0.2, 0.25) is 0 Å². The fourth-order valence-corrected chi connectivity index (χ4v) is 1.38. The highest BCUT2D eigenvalue weighted by Gasteiger charge is 2.03. The van der Waals surface area contributed by atoms with Crippen LogP contribution in [0.4, 0.5) is 5.82 Å². The molecule has 0 saturated heterocycles. The van der Waals surface area contributed by atoms with E-state index in [2.05, 4.69) is 28.9 Å². The molecule has 84 valence electrons. The van der Waals surface area contributed by atoms with Crippen LogP contribution < -0.4 is 4.90 Å². The molecule has 0 radical (unpaired) electrons. The van der Waals surface area contributed by atoms with Crippen LogP contribution in [0.3, 0.4) is 0 Å². The molecule has 4 heteroatoms. The minimum Gasteiger partial charge on any atom is -0.358 e. The van der Waals surface area contributed by atoms with Gasteiger partial charge in [-0.05, 0) is 31.8 Å². The van der Waals surface area contributed by atoms with E-state index in [1.54, 1.807) is 6.20 Å². The van der Waals surface area contributed by atoms with Gasteiger partial charge in [-0.3, -0.25) is 0 Å². The van der Waals surface area contributed by atoms with Crippen molar-refractivity contribution in [2.45, 2.75) is 5.88 Å². The van der Waals surface area contributed by atoms with Gasteiger partial charge in [-0.2, -0.15) is 0 Å². The summed E-state index contributed by atoms with van der Waals surface area (Å²) in [5.74, 6) is 1.52. The molecule has 1 aromatic heterocycles. The molecular weight excluding hydrogens is 210 g/mol. The van der Waals surface area contributed by atoms with Crippen LogP contribution in [0.5, 0.6) is 0 Å². The van der Waals surface area contributed by atoms with E-state index >= 15 is 0 Å². The first-order chi connectivity index (χ1) is 7.13. The number of pyridine rings is 1. The van der Waals surface area contributed by atoms with E-state index in [9.17, 15) is 0 Å². The summed E-state index contributed by atoms with van der Waals surface area (Å²) in [7, 11) is 6.18. The van der Waals surface area contributed by atoms with Crippen molar-refractivity contribution in [3.8, 4) is 0 Å². The molecule has 0 aromatic carbocycles. The van der Waals surface area contributed by atoms with Gasteiger partial charge in [0.05, 0.1) is 0 Å². The van der Waals surface area contributed by atoms with Crippen molar-refractivity contribution in [2.24, 2.45) is 0 Å². The second-order valence-corrected chi connectivity index (χ2v) is 4.15. The molecule has 0 aliphatic rings. The molecule has 0 bridgehead atoms. The van der Waals surface area contributed by atoms with E-state index in [0.29, 0.717) is 5.88 Å². The first-order valence-electron chi connectivity index (χ1n) is 5.00. The Balaban J connectivity index is 2.60. The number of halogens is 1. The highest BCUT2D eigenvalue weighted by atomic mass is 35.5. The van der Waals surface area contributed by atoms with Gasteiger partial charge in [0.25, 0.3) is 0 Å². The molecule has 15 heavy (non-hydrogen) atoms. The van der Waals surface area contributed by atoms with Crippen LogP contribution >= 0.6 is 11.6 Å². The summed E-state index contributed by atoms with van der Waals surface area (Å²) in [6, 6.07) is 3.97. The van der Waals surface area contributed by atoms with E-state index in [-0.39, 0.29) is 0 Å². The van der Waals surface area contributed by atoms with Crippen LogP contribution in [0, 0.1) is 0 Å². The summed E-state index contributed by atoms with van der Waals surface area (Å²) in [6.45, 7) is 1.98. The van der Waals surface area contributed by atoms with Crippen molar-refractivity contribution < 1.29 is 0 Å².